The van der Waals surface area contributed by atoms with E-state index in [2.05, 4.69) is 33.4 Å². The Balaban J connectivity index is 2.27. The highest BCUT2D eigenvalue weighted by Gasteiger charge is 2.59. The first-order valence-corrected chi connectivity index (χ1v) is 6.81. The van der Waals surface area contributed by atoms with Crippen molar-refractivity contribution in [2.24, 2.45) is 11.3 Å². The van der Waals surface area contributed by atoms with Crippen LogP contribution in [0, 0.1) is 11.3 Å². The Kier molecular flexibility index (Phi) is 3.24. The molecule has 1 fully saturated rings. The average Bonchev–Trinajstić information content (AvgIpc) is 2.29. The van der Waals surface area contributed by atoms with Crippen LogP contribution in [0.15, 0.2) is 23.8 Å². The second-order valence-electron chi connectivity index (χ2n) is 6.54. The lowest BCUT2D eigenvalue weighted by Crippen LogP contribution is -2.60. The lowest BCUT2D eigenvalue weighted by Gasteiger charge is -2.61. The molecule has 1 nitrogen and oxygen atoms in total. The second-order valence-corrected chi connectivity index (χ2v) is 6.54. The molecule has 2 unspecified atom stereocenters. The van der Waals surface area contributed by atoms with E-state index in [1.165, 1.54) is 24.0 Å². The van der Waals surface area contributed by atoms with Gasteiger partial charge in [-0.25, -0.2) is 0 Å². The molecule has 1 saturated carbocycles. The van der Waals surface area contributed by atoms with Crippen LogP contribution in [0.2, 0.25) is 0 Å². The van der Waals surface area contributed by atoms with E-state index in [4.69, 9.17) is 4.74 Å². The van der Waals surface area contributed by atoms with E-state index in [9.17, 15) is 0 Å². The number of rotatable bonds is 1. The maximum absolute atomic E-state index is 5.93. The van der Waals surface area contributed by atoms with Crippen LogP contribution in [0.5, 0.6) is 0 Å². The summed E-state index contributed by atoms with van der Waals surface area (Å²) in [5, 5.41) is 0. The highest BCUT2D eigenvalue weighted by molar-refractivity contribution is 5.27. The Hall–Kier alpha value is -0.560. The largest absolute Gasteiger partial charge is 0.374 e. The summed E-state index contributed by atoms with van der Waals surface area (Å²) < 4.78 is 5.93. The van der Waals surface area contributed by atoms with Crippen LogP contribution < -0.4 is 0 Å². The summed E-state index contributed by atoms with van der Waals surface area (Å²) in [5.74, 6) is 0.633. The molecule has 2 rings (SSSR count). The molecule has 2 aliphatic rings. The van der Waals surface area contributed by atoms with Crippen LogP contribution in [-0.4, -0.2) is 12.7 Å². The number of allylic oxidation sites excluding steroid dienone is 2. The van der Waals surface area contributed by atoms with E-state index in [0.29, 0.717) is 11.3 Å². The molecule has 0 N–H and O–H groups in total. The third kappa shape index (κ3) is 1.99. The Morgan fingerprint density at radius 1 is 1.35 bits per heavy atom. The predicted octanol–water partition coefficient (Wildman–Crippen LogP) is 4.49. The number of fused-ring (bicyclic) bond motifs is 1. The monoisotopic (exact) mass is 234 g/mol. The van der Waals surface area contributed by atoms with E-state index < -0.39 is 0 Å². The molecule has 0 aromatic carbocycles. The SMILES string of the molecule is C=C1CC/C=C(/C)CCC2C(C)(C)CC12OC. The van der Waals surface area contributed by atoms with Gasteiger partial charge in [-0.3, -0.25) is 0 Å². The molecule has 1 heteroatoms. The van der Waals surface area contributed by atoms with Crippen molar-refractivity contribution in [2.45, 2.75) is 58.5 Å². The van der Waals surface area contributed by atoms with Crippen molar-refractivity contribution in [2.75, 3.05) is 7.11 Å². The summed E-state index contributed by atoms with van der Waals surface area (Å²) in [7, 11) is 1.87. The van der Waals surface area contributed by atoms with Gasteiger partial charge in [0.05, 0.1) is 5.60 Å². The fraction of sp³-hybridized carbons (Fsp3) is 0.750. The summed E-state index contributed by atoms with van der Waals surface area (Å²) in [6.45, 7) is 11.3. The molecule has 0 spiro atoms. The van der Waals surface area contributed by atoms with Crippen LogP contribution in [0.3, 0.4) is 0 Å². The molecule has 0 aromatic rings. The van der Waals surface area contributed by atoms with Gasteiger partial charge in [0, 0.05) is 7.11 Å². The molecular weight excluding hydrogens is 208 g/mol. The fourth-order valence-electron chi connectivity index (χ4n) is 3.96. The van der Waals surface area contributed by atoms with Crippen molar-refractivity contribution >= 4 is 0 Å². The number of methoxy groups -OCH3 is 1. The number of ether oxygens (including phenoxy) is 1. The first kappa shape index (κ1) is 12.9. The molecule has 96 valence electrons. The van der Waals surface area contributed by atoms with Crippen molar-refractivity contribution in [3.63, 3.8) is 0 Å². The van der Waals surface area contributed by atoms with E-state index in [-0.39, 0.29) is 5.60 Å². The van der Waals surface area contributed by atoms with Gasteiger partial charge in [-0.15, -0.1) is 0 Å². The summed E-state index contributed by atoms with van der Waals surface area (Å²) in [6.07, 6.45) is 8.18. The van der Waals surface area contributed by atoms with Crippen LogP contribution >= 0.6 is 0 Å². The minimum atomic E-state index is -0.0258. The normalized spacial score (nSPS) is 40.1. The maximum Gasteiger partial charge on any atom is 0.0923 e. The minimum Gasteiger partial charge on any atom is -0.374 e. The highest BCUT2D eigenvalue weighted by Crippen LogP contribution is 2.60. The zero-order valence-electron chi connectivity index (χ0n) is 11.8. The summed E-state index contributed by atoms with van der Waals surface area (Å²) in [6, 6.07) is 0. The Morgan fingerprint density at radius 2 is 2.06 bits per heavy atom. The van der Waals surface area contributed by atoms with Gasteiger partial charge in [0.15, 0.2) is 0 Å². The van der Waals surface area contributed by atoms with Gasteiger partial charge in [0.1, 0.15) is 0 Å². The van der Waals surface area contributed by atoms with Crippen molar-refractivity contribution in [3.05, 3.63) is 23.8 Å². The second kappa shape index (κ2) is 4.28. The molecule has 0 heterocycles. The minimum absolute atomic E-state index is 0.0258. The molecule has 2 aliphatic carbocycles. The molecule has 0 amide bonds. The third-order valence-electron chi connectivity index (χ3n) is 4.95. The van der Waals surface area contributed by atoms with Crippen LogP contribution in [0.4, 0.5) is 0 Å². The maximum atomic E-state index is 5.93. The van der Waals surface area contributed by atoms with Gasteiger partial charge in [-0.1, -0.05) is 32.1 Å². The summed E-state index contributed by atoms with van der Waals surface area (Å²) >= 11 is 0. The molecule has 2 atom stereocenters. The molecule has 0 aliphatic heterocycles. The lowest BCUT2D eigenvalue weighted by molar-refractivity contribution is -0.178. The fourth-order valence-corrected chi connectivity index (χ4v) is 3.96. The average molecular weight is 234 g/mol. The van der Waals surface area contributed by atoms with Gasteiger partial charge in [0.2, 0.25) is 0 Å². The Labute approximate surface area is 106 Å². The van der Waals surface area contributed by atoms with Crippen molar-refractivity contribution in [1.29, 1.82) is 0 Å². The first-order chi connectivity index (χ1) is 7.92. The van der Waals surface area contributed by atoms with Crippen LogP contribution in [-0.2, 0) is 4.74 Å². The van der Waals surface area contributed by atoms with E-state index in [1.54, 1.807) is 0 Å². The zero-order chi connectivity index (χ0) is 12.7. The summed E-state index contributed by atoms with van der Waals surface area (Å²) in [5.41, 5.74) is 3.23. The molecule has 0 radical (unpaired) electrons. The van der Waals surface area contributed by atoms with E-state index in [1.807, 2.05) is 7.11 Å². The van der Waals surface area contributed by atoms with Crippen LogP contribution in [0.25, 0.3) is 0 Å². The molecule has 0 saturated heterocycles. The Morgan fingerprint density at radius 3 is 2.65 bits per heavy atom. The van der Waals surface area contributed by atoms with E-state index in [0.717, 1.165) is 19.3 Å². The third-order valence-corrected chi connectivity index (χ3v) is 4.95. The number of hydrogen-bond donors (Lipinski definition) is 0. The van der Waals surface area contributed by atoms with Gasteiger partial charge >= 0.3 is 0 Å². The number of hydrogen-bond acceptors (Lipinski definition) is 1. The molecule has 17 heavy (non-hydrogen) atoms. The topological polar surface area (TPSA) is 9.23 Å². The van der Waals surface area contributed by atoms with Crippen LogP contribution in [0.1, 0.15) is 52.9 Å². The summed E-state index contributed by atoms with van der Waals surface area (Å²) in [4.78, 5) is 0. The zero-order valence-corrected chi connectivity index (χ0v) is 11.8. The van der Waals surface area contributed by atoms with Crippen molar-refractivity contribution in [1.82, 2.24) is 0 Å². The molecule has 0 bridgehead atoms. The molecular formula is C16H26O. The smallest absolute Gasteiger partial charge is 0.0923 e. The molecule has 0 aromatic heterocycles. The lowest BCUT2D eigenvalue weighted by atomic mass is 9.49. The van der Waals surface area contributed by atoms with Gasteiger partial charge in [-0.2, -0.15) is 0 Å². The quantitative estimate of drug-likeness (QED) is 0.607. The first-order valence-electron chi connectivity index (χ1n) is 6.81. The van der Waals surface area contributed by atoms with Gasteiger partial charge in [0.25, 0.3) is 0 Å². The predicted molar refractivity (Wildman–Crippen MR) is 73.0 cm³/mol. The van der Waals surface area contributed by atoms with Crippen molar-refractivity contribution < 1.29 is 4.74 Å². The standard InChI is InChI=1S/C16H26O/c1-12-7-6-8-13(2)16(17-5)11-15(3,4)14(16)10-9-12/h7,14H,2,6,8-11H2,1,3-5H3/b12-7-. The van der Waals surface area contributed by atoms with Crippen molar-refractivity contribution in [3.8, 4) is 0 Å². The van der Waals surface area contributed by atoms with Gasteiger partial charge < -0.3 is 4.74 Å². The highest BCUT2D eigenvalue weighted by atomic mass is 16.5. The van der Waals surface area contributed by atoms with E-state index >= 15 is 0 Å². The Bertz CT molecular complexity index is 351. The van der Waals surface area contributed by atoms with Gasteiger partial charge in [-0.05, 0) is 55.9 Å².